The largest absolute Gasteiger partial charge is 0.481 e. The van der Waals surface area contributed by atoms with Gasteiger partial charge in [0.25, 0.3) is 0 Å². The summed E-state index contributed by atoms with van der Waals surface area (Å²) >= 11 is 0. The van der Waals surface area contributed by atoms with E-state index in [2.05, 4.69) is 20.8 Å². The molecular weight excluding hydrogens is 554 g/mol. The predicted molar refractivity (Wildman–Crippen MR) is 168 cm³/mol. The first kappa shape index (κ1) is 42.9. The standard InChI is InChI=1S/C25H47NO7.C8H16O2/c1-6-9-11-13-15-17-22(27)32-25(33-23(28)18-16-14-12-10-7-2)31-21(8-3)20-30-24(29)19-26(4)5;1-2-3-4-5-6-7-8(9)10/h21,25H,6-20H2,1-5H3;2-7H2,1H3,(H,9,10)/t21-;/m0./s1. The third kappa shape index (κ3) is 32.5. The average Bonchev–Trinajstić information content (AvgIpc) is 2.94. The molecule has 0 aromatic carbocycles. The molecule has 1 N–H and O–H groups in total. The third-order valence-corrected chi connectivity index (χ3v) is 6.55. The lowest BCUT2D eigenvalue weighted by atomic mass is 10.1. The van der Waals surface area contributed by atoms with Crippen molar-refractivity contribution in [3.05, 3.63) is 0 Å². The quantitative estimate of drug-likeness (QED) is 0.0565. The van der Waals surface area contributed by atoms with Crippen molar-refractivity contribution in [3.8, 4) is 0 Å². The molecule has 0 aliphatic heterocycles. The van der Waals surface area contributed by atoms with E-state index in [1.807, 2.05) is 6.92 Å². The minimum atomic E-state index is -1.44. The Labute approximate surface area is 261 Å². The lowest BCUT2D eigenvalue weighted by Crippen LogP contribution is -2.34. The number of nitrogens with zero attached hydrogens (tertiary/aromatic N) is 1. The van der Waals surface area contributed by atoms with Gasteiger partial charge in [0.15, 0.2) is 0 Å². The van der Waals surface area contributed by atoms with Gasteiger partial charge in [0.05, 0.1) is 12.6 Å². The Kier molecular flexibility index (Phi) is 31.2. The Balaban J connectivity index is 0. The van der Waals surface area contributed by atoms with Crippen molar-refractivity contribution in [2.24, 2.45) is 0 Å². The summed E-state index contributed by atoms with van der Waals surface area (Å²) in [6.45, 7) is 6.98. The van der Waals surface area contributed by atoms with E-state index < -0.39 is 30.5 Å². The highest BCUT2D eigenvalue weighted by atomic mass is 16.9. The lowest BCUT2D eigenvalue weighted by Gasteiger charge is -2.23. The van der Waals surface area contributed by atoms with Gasteiger partial charge in [0.1, 0.15) is 6.61 Å². The summed E-state index contributed by atoms with van der Waals surface area (Å²) in [6, 6.07) is 0. The second-order valence-electron chi connectivity index (χ2n) is 11.2. The molecule has 0 spiro atoms. The van der Waals surface area contributed by atoms with E-state index >= 15 is 0 Å². The Morgan fingerprint density at radius 2 is 1.02 bits per heavy atom. The highest BCUT2D eigenvalue weighted by molar-refractivity contribution is 5.72. The lowest BCUT2D eigenvalue weighted by molar-refractivity contribution is -0.284. The van der Waals surface area contributed by atoms with Gasteiger partial charge in [-0.05, 0) is 39.8 Å². The Morgan fingerprint density at radius 3 is 1.40 bits per heavy atom. The summed E-state index contributed by atoms with van der Waals surface area (Å²) < 4.78 is 21.6. The molecule has 0 aromatic rings. The van der Waals surface area contributed by atoms with Gasteiger partial charge in [0, 0.05) is 19.3 Å². The van der Waals surface area contributed by atoms with Crippen molar-refractivity contribution in [1.29, 1.82) is 0 Å². The number of esters is 3. The predicted octanol–water partition coefficient (Wildman–Crippen LogP) is 7.41. The smallest absolute Gasteiger partial charge is 0.365 e. The molecule has 0 heterocycles. The number of aliphatic carboxylic acids is 1. The molecular formula is C33H63NO9. The van der Waals surface area contributed by atoms with Crippen LogP contribution in [0.15, 0.2) is 0 Å². The highest BCUT2D eigenvalue weighted by Crippen LogP contribution is 2.13. The highest BCUT2D eigenvalue weighted by Gasteiger charge is 2.24. The maximum absolute atomic E-state index is 12.3. The van der Waals surface area contributed by atoms with Gasteiger partial charge in [-0.15, -0.1) is 0 Å². The molecule has 10 nitrogen and oxygen atoms in total. The van der Waals surface area contributed by atoms with Gasteiger partial charge >= 0.3 is 30.4 Å². The van der Waals surface area contributed by atoms with E-state index in [0.29, 0.717) is 12.8 Å². The third-order valence-electron chi connectivity index (χ3n) is 6.55. The van der Waals surface area contributed by atoms with Crippen molar-refractivity contribution in [2.75, 3.05) is 27.2 Å². The number of carboxylic acids is 1. The van der Waals surface area contributed by atoms with Crippen LogP contribution in [0.25, 0.3) is 0 Å². The number of unbranched alkanes of at least 4 members (excludes halogenated alkanes) is 12. The minimum absolute atomic E-state index is 0.0111. The first-order valence-electron chi connectivity index (χ1n) is 16.7. The topological polar surface area (TPSA) is 129 Å². The fourth-order valence-electron chi connectivity index (χ4n) is 3.94. The Hall–Kier alpha value is -2.20. The molecule has 0 rings (SSSR count). The molecule has 254 valence electrons. The zero-order valence-electron chi connectivity index (χ0n) is 28.2. The summed E-state index contributed by atoms with van der Waals surface area (Å²) in [5, 5.41) is 8.27. The van der Waals surface area contributed by atoms with Crippen molar-refractivity contribution in [2.45, 2.75) is 162 Å². The monoisotopic (exact) mass is 617 g/mol. The second-order valence-corrected chi connectivity index (χ2v) is 11.2. The van der Waals surface area contributed by atoms with Gasteiger partial charge in [-0.25, -0.2) is 0 Å². The minimum Gasteiger partial charge on any atom is -0.481 e. The number of hydrogen-bond donors (Lipinski definition) is 1. The molecule has 0 fully saturated rings. The van der Waals surface area contributed by atoms with E-state index in [9.17, 15) is 19.2 Å². The summed E-state index contributed by atoms with van der Waals surface area (Å²) in [6.07, 6.45) is 16.3. The molecule has 0 radical (unpaired) electrons. The van der Waals surface area contributed by atoms with Crippen molar-refractivity contribution >= 4 is 23.9 Å². The summed E-state index contributed by atoms with van der Waals surface area (Å²) in [7, 11) is 3.54. The van der Waals surface area contributed by atoms with Crippen LogP contribution in [-0.4, -0.2) is 73.7 Å². The summed E-state index contributed by atoms with van der Waals surface area (Å²) in [5.41, 5.74) is 0. The van der Waals surface area contributed by atoms with Crippen LogP contribution in [0.4, 0.5) is 0 Å². The maximum atomic E-state index is 12.3. The second kappa shape index (κ2) is 31.2. The SMILES string of the molecule is CCCCCCCC(=O)O.CCCCCCCC(=O)OC(OC(=O)CCCCCCC)O[C@@H](CC)COC(=O)CN(C)C. The van der Waals surface area contributed by atoms with E-state index in [1.165, 1.54) is 19.3 Å². The average molecular weight is 618 g/mol. The maximum Gasteiger partial charge on any atom is 0.365 e. The van der Waals surface area contributed by atoms with E-state index in [0.717, 1.165) is 77.0 Å². The van der Waals surface area contributed by atoms with Gasteiger partial charge in [-0.1, -0.05) is 105 Å². The molecule has 10 heteroatoms. The summed E-state index contributed by atoms with van der Waals surface area (Å²) in [5.74, 6) is -1.98. The first-order chi connectivity index (χ1) is 20.6. The number of rotatable bonds is 27. The van der Waals surface area contributed by atoms with Gasteiger partial charge in [-0.3, -0.25) is 24.1 Å². The van der Waals surface area contributed by atoms with Crippen LogP contribution < -0.4 is 0 Å². The van der Waals surface area contributed by atoms with Crippen LogP contribution >= 0.6 is 0 Å². The van der Waals surface area contributed by atoms with E-state index in [-0.39, 0.29) is 32.0 Å². The van der Waals surface area contributed by atoms with Gasteiger partial charge in [0.2, 0.25) is 0 Å². The van der Waals surface area contributed by atoms with Crippen LogP contribution in [0.3, 0.4) is 0 Å². The number of carbonyl (C=O) groups is 4. The first-order valence-corrected chi connectivity index (χ1v) is 16.7. The van der Waals surface area contributed by atoms with Gasteiger partial charge in [-0.2, -0.15) is 0 Å². The molecule has 0 bridgehead atoms. The molecule has 0 saturated heterocycles. The van der Waals surface area contributed by atoms with Crippen molar-refractivity contribution in [1.82, 2.24) is 4.90 Å². The molecule has 0 amide bonds. The normalized spacial score (nSPS) is 11.5. The van der Waals surface area contributed by atoms with E-state index in [1.54, 1.807) is 19.0 Å². The molecule has 0 aliphatic rings. The van der Waals surface area contributed by atoms with Crippen LogP contribution in [0.5, 0.6) is 0 Å². The number of carbonyl (C=O) groups excluding carboxylic acids is 3. The molecule has 0 aromatic heterocycles. The molecule has 0 saturated carbocycles. The molecule has 1 atom stereocenters. The molecule has 0 aliphatic carbocycles. The Morgan fingerprint density at radius 1 is 0.605 bits per heavy atom. The number of ether oxygens (including phenoxy) is 4. The zero-order valence-corrected chi connectivity index (χ0v) is 28.2. The summed E-state index contributed by atoms with van der Waals surface area (Å²) in [4.78, 5) is 48.1. The fraction of sp³-hybridized carbons (Fsp3) is 0.879. The van der Waals surface area contributed by atoms with Crippen molar-refractivity contribution in [3.63, 3.8) is 0 Å². The van der Waals surface area contributed by atoms with E-state index in [4.69, 9.17) is 24.1 Å². The fourth-order valence-corrected chi connectivity index (χ4v) is 3.94. The van der Waals surface area contributed by atoms with Crippen LogP contribution in [0.1, 0.15) is 150 Å². The van der Waals surface area contributed by atoms with Crippen LogP contribution in [0.2, 0.25) is 0 Å². The van der Waals surface area contributed by atoms with Crippen molar-refractivity contribution < 1.29 is 43.2 Å². The molecule has 43 heavy (non-hydrogen) atoms. The van der Waals surface area contributed by atoms with Gasteiger partial charge < -0.3 is 24.1 Å². The number of carboxylic acid groups (broad SMARTS) is 1. The van der Waals surface area contributed by atoms with Crippen LogP contribution in [-0.2, 0) is 38.1 Å². The number of hydrogen-bond acceptors (Lipinski definition) is 9. The molecule has 0 unspecified atom stereocenters. The number of likely N-dealkylation sites (N-methyl/N-ethyl adjacent to an activating group) is 1. The Bertz CT molecular complexity index is 672. The van der Waals surface area contributed by atoms with Crippen LogP contribution in [0, 0.1) is 0 Å². The zero-order chi connectivity index (χ0) is 32.7.